The van der Waals surface area contributed by atoms with Crippen molar-refractivity contribution in [1.82, 2.24) is 5.32 Å². The highest BCUT2D eigenvalue weighted by Gasteiger charge is 2.07. The zero-order chi connectivity index (χ0) is 11.4. The third-order valence-corrected chi connectivity index (χ3v) is 2.62. The highest BCUT2D eigenvalue weighted by molar-refractivity contribution is 5.82. The zero-order valence-corrected chi connectivity index (χ0v) is 8.97. The summed E-state index contributed by atoms with van der Waals surface area (Å²) in [7, 11) is 0. The molecule has 86 valence electrons. The van der Waals surface area contributed by atoms with Crippen LogP contribution in [0, 0.1) is 11.6 Å². The van der Waals surface area contributed by atoms with Crippen LogP contribution in [-0.4, -0.2) is 12.4 Å². The molecular weight excluding hydrogens is 210 g/mol. The second-order valence-electron chi connectivity index (χ2n) is 3.87. The van der Waals surface area contributed by atoms with E-state index in [1.807, 2.05) is 0 Å². The fourth-order valence-corrected chi connectivity index (χ4v) is 1.72. The number of nitrogens with one attached hydrogen (secondary N) is 1. The molecule has 1 aromatic rings. The summed E-state index contributed by atoms with van der Waals surface area (Å²) >= 11 is 0. The van der Waals surface area contributed by atoms with Crippen LogP contribution in [0.25, 0.3) is 0 Å². The molecule has 1 N–H and O–H groups in total. The number of rotatable bonds is 2. The first kappa shape index (κ1) is 11.0. The normalized spacial score (nSPS) is 15.8. The Kier molecular flexibility index (Phi) is 3.49. The summed E-state index contributed by atoms with van der Waals surface area (Å²) in [6, 6.07) is 3.48. The van der Waals surface area contributed by atoms with Gasteiger partial charge < -0.3 is 5.32 Å². The smallest absolute Gasteiger partial charge is 0.128 e. The molecular formula is C12H14F2N2. The van der Waals surface area contributed by atoms with E-state index in [0.717, 1.165) is 43.8 Å². The maximum atomic E-state index is 13.3. The van der Waals surface area contributed by atoms with Crippen molar-refractivity contribution in [3.63, 3.8) is 0 Å². The molecule has 0 aromatic heterocycles. The van der Waals surface area contributed by atoms with Gasteiger partial charge in [0.15, 0.2) is 0 Å². The van der Waals surface area contributed by atoms with Gasteiger partial charge in [0, 0.05) is 25.1 Å². The first-order valence-electron chi connectivity index (χ1n) is 5.47. The van der Waals surface area contributed by atoms with Crippen LogP contribution in [0.3, 0.4) is 0 Å². The van der Waals surface area contributed by atoms with Crippen molar-refractivity contribution in [3.05, 3.63) is 35.4 Å². The van der Waals surface area contributed by atoms with Crippen molar-refractivity contribution >= 4 is 5.84 Å². The number of aliphatic imine (C=N–C) groups is 1. The molecule has 1 aromatic carbocycles. The van der Waals surface area contributed by atoms with Gasteiger partial charge >= 0.3 is 0 Å². The van der Waals surface area contributed by atoms with Gasteiger partial charge in [-0.25, -0.2) is 8.78 Å². The Hall–Kier alpha value is -1.45. The Balaban J connectivity index is 1.98. The van der Waals surface area contributed by atoms with Crippen LogP contribution >= 0.6 is 0 Å². The van der Waals surface area contributed by atoms with Gasteiger partial charge in [-0.2, -0.15) is 0 Å². The average Bonchev–Trinajstić information content (AvgIpc) is 2.32. The Labute approximate surface area is 93.4 Å². The molecule has 0 unspecified atom stereocenters. The maximum Gasteiger partial charge on any atom is 0.128 e. The molecule has 0 fully saturated rings. The molecule has 0 atom stereocenters. The number of hydrogen-bond donors (Lipinski definition) is 1. The second-order valence-corrected chi connectivity index (χ2v) is 3.87. The summed E-state index contributed by atoms with van der Waals surface area (Å²) in [4.78, 5) is 4.29. The molecule has 4 heteroatoms. The third-order valence-electron chi connectivity index (χ3n) is 2.62. The van der Waals surface area contributed by atoms with E-state index in [4.69, 9.17) is 0 Å². The van der Waals surface area contributed by atoms with E-state index in [0.29, 0.717) is 12.1 Å². The number of amidine groups is 1. The van der Waals surface area contributed by atoms with Crippen LogP contribution in [0.4, 0.5) is 8.78 Å². The molecule has 0 radical (unpaired) electrons. The van der Waals surface area contributed by atoms with Crippen molar-refractivity contribution in [1.29, 1.82) is 0 Å². The van der Waals surface area contributed by atoms with Crippen molar-refractivity contribution in [2.45, 2.75) is 25.8 Å². The molecule has 16 heavy (non-hydrogen) atoms. The molecule has 0 bridgehead atoms. The maximum absolute atomic E-state index is 13.3. The van der Waals surface area contributed by atoms with E-state index in [1.165, 1.54) is 6.07 Å². The summed E-state index contributed by atoms with van der Waals surface area (Å²) in [5.41, 5.74) is 0.341. The lowest BCUT2D eigenvalue weighted by Gasteiger charge is -2.14. The largest absolute Gasteiger partial charge is 0.370 e. The van der Waals surface area contributed by atoms with Crippen LogP contribution in [0.15, 0.2) is 23.2 Å². The quantitative estimate of drug-likeness (QED) is 0.820. The summed E-state index contributed by atoms with van der Waals surface area (Å²) < 4.78 is 26.2. The van der Waals surface area contributed by atoms with Crippen LogP contribution < -0.4 is 5.32 Å². The van der Waals surface area contributed by atoms with E-state index in [1.54, 1.807) is 0 Å². The van der Waals surface area contributed by atoms with Crippen LogP contribution in [0.5, 0.6) is 0 Å². The highest BCUT2D eigenvalue weighted by Crippen LogP contribution is 2.10. The first-order valence-corrected chi connectivity index (χ1v) is 5.47. The standard InChI is InChI=1S/C12H14F2N2/c13-10-4-5-11(14)9(7-10)8-16-12-3-1-2-6-15-12/h4-5,7H,1-3,6,8H2,(H,15,16). The highest BCUT2D eigenvalue weighted by atomic mass is 19.1. The van der Waals surface area contributed by atoms with Crippen molar-refractivity contribution in [2.75, 3.05) is 6.54 Å². The monoisotopic (exact) mass is 224 g/mol. The number of benzene rings is 1. The first-order chi connectivity index (χ1) is 7.75. The molecule has 0 aliphatic carbocycles. The fourth-order valence-electron chi connectivity index (χ4n) is 1.72. The Morgan fingerprint density at radius 1 is 1.25 bits per heavy atom. The Morgan fingerprint density at radius 3 is 2.88 bits per heavy atom. The molecule has 0 amide bonds. The Morgan fingerprint density at radius 2 is 2.12 bits per heavy atom. The van der Waals surface area contributed by atoms with Gasteiger partial charge in [-0.05, 0) is 31.0 Å². The number of nitrogens with zero attached hydrogens (tertiary/aromatic N) is 1. The predicted octanol–water partition coefficient (Wildman–Crippen LogP) is 2.64. The number of hydrogen-bond acceptors (Lipinski definition) is 2. The summed E-state index contributed by atoms with van der Waals surface area (Å²) in [5, 5.41) is 3.05. The summed E-state index contributed by atoms with van der Waals surface area (Å²) in [5.74, 6) is 0.101. The zero-order valence-electron chi connectivity index (χ0n) is 8.97. The minimum absolute atomic E-state index is 0.294. The molecule has 0 spiro atoms. The molecule has 0 saturated heterocycles. The molecule has 2 nitrogen and oxygen atoms in total. The lowest BCUT2D eigenvalue weighted by atomic mass is 10.1. The minimum atomic E-state index is -0.413. The predicted molar refractivity (Wildman–Crippen MR) is 59.4 cm³/mol. The van der Waals surface area contributed by atoms with Gasteiger partial charge in [-0.3, -0.25) is 4.99 Å². The van der Waals surface area contributed by atoms with Crippen molar-refractivity contribution in [3.8, 4) is 0 Å². The number of halogens is 2. The molecule has 2 rings (SSSR count). The Bertz CT molecular complexity index is 402. The average molecular weight is 224 g/mol. The SMILES string of the molecule is Fc1ccc(F)c(CNC2=NCCCC2)c1. The molecule has 1 aliphatic rings. The van der Waals surface area contributed by atoms with E-state index < -0.39 is 5.82 Å². The molecule has 0 saturated carbocycles. The van der Waals surface area contributed by atoms with Crippen LogP contribution in [-0.2, 0) is 6.54 Å². The second kappa shape index (κ2) is 5.05. The lowest BCUT2D eigenvalue weighted by Crippen LogP contribution is -2.25. The summed E-state index contributed by atoms with van der Waals surface area (Å²) in [6.45, 7) is 1.12. The van der Waals surface area contributed by atoms with Gasteiger partial charge in [0.25, 0.3) is 0 Å². The van der Waals surface area contributed by atoms with Gasteiger partial charge in [0.1, 0.15) is 11.6 Å². The van der Waals surface area contributed by atoms with E-state index in [-0.39, 0.29) is 5.82 Å². The van der Waals surface area contributed by atoms with Crippen molar-refractivity contribution in [2.24, 2.45) is 4.99 Å². The minimum Gasteiger partial charge on any atom is -0.370 e. The van der Waals surface area contributed by atoms with Gasteiger partial charge in [0.2, 0.25) is 0 Å². The van der Waals surface area contributed by atoms with Crippen LogP contribution in [0.1, 0.15) is 24.8 Å². The van der Waals surface area contributed by atoms with Gasteiger partial charge in [-0.1, -0.05) is 0 Å². The lowest BCUT2D eigenvalue weighted by molar-refractivity contribution is 0.580. The van der Waals surface area contributed by atoms with Gasteiger partial charge in [-0.15, -0.1) is 0 Å². The van der Waals surface area contributed by atoms with E-state index in [9.17, 15) is 8.78 Å². The molecule has 1 aliphatic heterocycles. The molecule has 1 heterocycles. The van der Waals surface area contributed by atoms with Gasteiger partial charge in [0.05, 0.1) is 5.84 Å². The van der Waals surface area contributed by atoms with Crippen LogP contribution in [0.2, 0.25) is 0 Å². The van der Waals surface area contributed by atoms with Crippen molar-refractivity contribution < 1.29 is 8.78 Å². The fraction of sp³-hybridized carbons (Fsp3) is 0.417. The summed E-state index contributed by atoms with van der Waals surface area (Å²) in [6.07, 6.45) is 3.12. The van der Waals surface area contributed by atoms with E-state index >= 15 is 0 Å². The third kappa shape index (κ3) is 2.78. The topological polar surface area (TPSA) is 24.4 Å². The van der Waals surface area contributed by atoms with E-state index in [2.05, 4.69) is 10.3 Å².